The molecular weight excluding hydrogens is 254 g/mol. The Morgan fingerprint density at radius 3 is 2.39 bits per heavy atom. The molecule has 0 aliphatic rings. The normalized spacial score (nSPS) is 9.61. The number of hydrogen-bond donors (Lipinski definition) is 1. The molecule has 5 heteroatoms. The molecule has 4 nitrogen and oxygen atoms in total. The number of halogens is 1. The van der Waals surface area contributed by atoms with Crippen molar-refractivity contribution in [3.05, 3.63) is 47.5 Å². The molecule has 1 amide bonds. The van der Waals surface area contributed by atoms with E-state index in [2.05, 4.69) is 11.9 Å². The van der Waals surface area contributed by atoms with Crippen LogP contribution in [-0.2, 0) is 9.59 Å². The molecule has 0 aliphatic carbocycles. The second-order valence-corrected chi connectivity index (χ2v) is 3.97. The number of hydrogen-bond acceptors (Lipinski definition) is 3. The minimum atomic E-state index is -0.780. The van der Waals surface area contributed by atoms with Crippen molar-refractivity contribution in [1.29, 1.82) is 0 Å². The summed E-state index contributed by atoms with van der Waals surface area (Å²) in [6, 6.07) is 6.13. The molecule has 0 saturated carbocycles. The third-order valence-corrected chi connectivity index (χ3v) is 2.40. The third kappa shape index (κ3) is 4.14. The lowest BCUT2D eigenvalue weighted by molar-refractivity contribution is -0.137. The maximum atomic E-state index is 11.7. The Bertz CT molecular complexity index is 480. The van der Waals surface area contributed by atoms with E-state index >= 15 is 0 Å². The van der Waals surface area contributed by atoms with Gasteiger partial charge >= 0.3 is 0 Å². The van der Waals surface area contributed by atoms with Gasteiger partial charge in [-0.1, -0.05) is 17.7 Å². The predicted octanol–water partition coefficient (Wildman–Crippen LogP) is 1.78. The van der Waals surface area contributed by atoms with Gasteiger partial charge in [-0.15, -0.1) is 6.58 Å². The zero-order chi connectivity index (χ0) is 13.5. The lowest BCUT2D eigenvalue weighted by Crippen LogP contribution is -2.32. The highest BCUT2D eigenvalue weighted by molar-refractivity contribution is 6.40. The molecule has 1 aromatic rings. The maximum Gasteiger partial charge on any atom is 0.288 e. The Balaban J connectivity index is 2.59. The van der Waals surface area contributed by atoms with Crippen LogP contribution in [0.2, 0.25) is 5.02 Å². The van der Waals surface area contributed by atoms with Gasteiger partial charge in [-0.2, -0.15) is 0 Å². The van der Waals surface area contributed by atoms with Crippen molar-refractivity contribution in [1.82, 2.24) is 5.32 Å². The van der Waals surface area contributed by atoms with E-state index in [0.29, 0.717) is 10.6 Å². The molecule has 1 N–H and O–H groups in total. The highest BCUT2D eigenvalue weighted by atomic mass is 35.5. The van der Waals surface area contributed by atoms with Crippen LogP contribution in [0, 0.1) is 0 Å². The highest BCUT2D eigenvalue weighted by Gasteiger charge is 2.18. The second kappa shape index (κ2) is 6.71. The Hall–Kier alpha value is -1.94. The molecule has 94 valence electrons. The van der Waals surface area contributed by atoms with E-state index in [1.807, 2.05) is 0 Å². The van der Waals surface area contributed by atoms with Crippen molar-refractivity contribution in [2.24, 2.45) is 0 Å². The molecule has 0 radical (unpaired) electrons. The number of nitrogens with one attached hydrogen (secondary N) is 1. The summed E-state index contributed by atoms with van der Waals surface area (Å²) in [7, 11) is 0. The van der Waals surface area contributed by atoms with Crippen LogP contribution in [0.3, 0.4) is 0 Å². The first-order valence-electron chi connectivity index (χ1n) is 5.25. The van der Waals surface area contributed by atoms with Crippen molar-refractivity contribution < 1.29 is 14.4 Å². The fourth-order valence-corrected chi connectivity index (χ4v) is 1.35. The molecule has 0 heterocycles. The van der Waals surface area contributed by atoms with Gasteiger partial charge in [-0.3, -0.25) is 14.4 Å². The molecule has 0 atom stereocenters. The first-order valence-corrected chi connectivity index (χ1v) is 5.63. The fourth-order valence-electron chi connectivity index (χ4n) is 1.23. The van der Waals surface area contributed by atoms with E-state index in [-0.39, 0.29) is 6.54 Å². The molecule has 0 bridgehead atoms. The zero-order valence-corrected chi connectivity index (χ0v) is 10.4. The monoisotopic (exact) mass is 265 g/mol. The summed E-state index contributed by atoms with van der Waals surface area (Å²) in [5, 5.41) is 2.82. The largest absolute Gasteiger partial charge is 0.346 e. The fraction of sp³-hybridized carbons (Fsp3) is 0.154. The van der Waals surface area contributed by atoms with Gasteiger partial charge in [0.05, 0.1) is 6.42 Å². The molecule has 0 unspecified atom stereocenters. The molecule has 0 spiro atoms. The van der Waals surface area contributed by atoms with Gasteiger partial charge in [0.25, 0.3) is 5.91 Å². The smallest absolute Gasteiger partial charge is 0.288 e. The number of amides is 1. The molecular formula is C13H12ClNO3. The average molecular weight is 266 g/mol. The third-order valence-electron chi connectivity index (χ3n) is 2.15. The molecule has 1 rings (SSSR count). The topological polar surface area (TPSA) is 63.2 Å². The van der Waals surface area contributed by atoms with Gasteiger partial charge in [0, 0.05) is 17.1 Å². The summed E-state index contributed by atoms with van der Waals surface area (Å²) >= 11 is 5.68. The number of carbonyl (C=O) groups is 3. The van der Waals surface area contributed by atoms with Gasteiger partial charge in [-0.05, 0) is 24.3 Å². The van der Waals surface area contributed by atoms with Gasteiger partial charge in [0.2, 0.25) is 5.78 Å². The summed E-state index contributed by atoms with van der Waals surface area (Å²) < 4.78 is 0. The molecule has 0 aliphatic heterocycles. The molecule has 18 heavy (non-hydrogen) atoms. The summed E-state index contributed by atoms with van der Waals surface area (Å²) in [4.78, 5) is 34.3. The summed E-state index contributed by atoms with van der Waals surface area (Å²) in [5.41, 5.74) is 0.351. The van der Waals surface area contributed by atoms with Crippen LogP contribution in [0.5, 0.6) is 0 Å². The van der Waals surface area contributed by atoms with E-state index in [9.17, 15) is 14.4 Å². The molecule has 0 fully saturated rings. The Labute approximate surface area is 110 Å². The molecule has 1 aromatic carbocycles. The van der Waals surface area contributed by atoms with Crippen molar-refractivity contribution in [3.63, 3.8) is 0 Å². The minimum absolute atomic E-state index is 0.194. The number of ketones is 2. The average Bonchev–Trinajstić information content (AvgIpc) is 2.36. The van der Waals surface area contributed by atoms with Gasteiger partial charge in [0.1, 0.15) is 0 Å². The lowest BCUT2D eigenvalue weighted by Gasteiger charge is -2.02. The first kappa shape index (κ1) is 14.1. The summed E-state index contributed by atoms with van der Waals surface area (Å²) in [6.45, 7) is 3.60. The predicted molar refractivity (Wildman–Crippen MR) is 68.6 cm³/mol. The van der Waals surface area contributed by atoms with E-state index in [1.165, 1.54) is 18.2 Å². The molecule has 0 aromatic heterocycles. The standard InChI is InChI=1S/C13H12ClNO3/c1-2-7-15-13(18)12(17)8-11(16)9-3-5-10(14)6-4-9/h2-6H,1,7-8H2,(H,15,18). The van der Waals surface area contributed by atoms with Crippen molar-refractivity contribution in [3.8, 4) is 0 Å². The maximum absolute atomic E-state index is 11.7. The van der Waals surface area contributed by atoms with Crippen LogP contribution < -0.4 is 5.32 Å². The number of benzene rings is 1. The van der Waals surface area contributed by atoms with Crippen LogP contribution >= 0.6 is 11.6 Å². The van der Waals surface area contributed by atoms with E-state index < -0.39 is 23.9 Å². The second-order valence-electron chi connectivity index (χ2n) is 3.53. The van der Waals surface area contributed by atoms with Crippen LogP contribution in [0.25, 0.3) is 0 Å². The molecule has 0 saturated heterocycles. The quantitative estimate of drug-likeness (QED) is 0.369. The van der Waals surface area contributed by atoms with Gasteiger partial charge < -0.3 is 5.32 Å². The van der Waals surface area contributed by atoms with Crippen LogP contribution in [0.1, 0.15) is 16.8 Å². The number of rotatable bonds is 6. The lowest BCUT2D eigenvalue weighted by atomic mass is 10.1. The highest BCUT2D eigenvalue weighted by Crippen LogP contribution is 2.11. The number of Topliss-reactive ketones (excluding diaryl/α,β-unsaturated/α-hetero) is 2. The van der Waals surface area contributed by atoms with Crippen molar-refractivity contribution in [2.45, 2.75) is 6.42 Å². The van der Waals surface area contributed by atoms with Crippen molar-refractivity contribution in [2.75, 3.05) is 6.54 Å². The Kier molecular flexibility index (Phi) is 5.27. The van der Waals surface area contributed by atoms with Crippen LogP contribution in [0.4, 0.5) is 0 Å². The Morgan fingerprint density at radius 2 is 1.83 bits per heavy atom. The summed E-state index contributed by atoms with van der Waals surface area (Å²) in [5.74, 6) is -1.96. The van der Waals surface area contributed by atoms with E-state index in [1.54, 1.807) is 12.1 Å². The first-order chi connectivity index (χ1) is 8.54. The zero-order valence-electron chi connectivity index (χ0n) is 9.61. The van der Waals surface area contributed by atoms with Crippen LogP contribution in [-0.4, -0.2) is 24.0 Å². The van der Waals surface area contributed by atoms with E-state index in [0.717, 1.165) is 0 Å². The minimum Gasteiger partial charge on any atom is -0.346 e. The Morgan fingerprint density at radius 1 is 1.22 bits per heavy atom. The van der Waals surface area contributed by atoms with Crippen LogP contribution in [0.15, 0.2) is 36.9 Å². The SMILES string of the molecule is C=CCNC(=O)C(=O)CC(=O)c1ccc(Cl)cc1. The van der Waals surface area contributed by atoms with E-state index in [4.69, 9.17) is 11.6 Å². The number of carbonyl (C=O) groups excluding carboxylic acids is 3. The van der Waals surface area contributed by atoms with Crippen molar-refractivity contribution >= 4 is 29.1 Å². The summed E-state index contributed by atoms with van der Waals surface area (Å²) in [6.07, 6.45) is 0.997. The van der Waals surface area contributed by atoms with Gasteiger partial charge in [0.15, 0.2) is 5.78 Å². The van der Waals surface area contributed by atoms with Gasteiger partial charge in [-0.25, -0.2) is 0 Å².